The molecule has 0 aliphatic heterocycles. The van der Waals surface area contributed by atoms with Gasteiger partial charge in [0.15, 0.2) is 0 Å². The Morgan fingerprint density at radius 2 is 2.12 bits per heavy atom. The molecule has 5 heteroatoms. The summed E-state index contributed by atoms with van der Waals surface area (Å²) in [5, 5.41) is 0.804. The van der Waals surface area contributed by atoms with Crippen molar-refractivity contribution < 1.29 is 0 Å². The molecule has 0 spiro atoms. The number of nitrogens with zero attached hydrogens (tertiary/aromatic N) is 2. The second-order valence-corrected chi connectivity index (χ2v) is 6.54. The SMILES string of the molecule is Nc1nc(CSC2CCCCC2)ncc1I. The summed E-state index contributed by atoms with van der Waals surface area (Å²) in [4.78, 5) is 8.60. The molecule has 3 nitrogen and oxygen atoms in total. The van der Waals surface area contributed by atoms with Gasteiger partial charge in [-0.05, 0) is 35.4 Å². The summed E-state index contributed by atoms with van der Waals surface area (Å²) in [6.45, 7) is 0. The molecule has 1 aromatic heterocycles. The van der Waals surface area contributed by atoms with E-state index in [0.717, 1.165) is 20.4 Å². The Morgan fingerprint density at radius 1 is 1.38 bits per heavy atom. The third kappa shape index (κ3) is 3.48. The average Bonchev–Trinajstić information content (AvgIpc) is 2.32. The van der Waals surface area contributed by atoms with Gasteiger partial charge in [-0.3, -0.25) is 0 Å². The quantitative estimate of drug-likeness (QED) is 0.852. The van der Waals surface area contributed by atoms with Crippen LogP contribution in [0.15, 0.2) is 6.20 Å². The van der Waals surface area contributed by atoms with E-state index in [2.05, 4.69) is 32.6 Å². The van der Waals surface area contributed by atoms with Crippen LogP contribution in [0.3, 0.4) is 0 Å². The number of rotatable bonds is 3. The van der Waals surface area contributed by atoms with E-state index in [-0.39, 0.29) is 0 Å². The molecular weight excluding hydrogens is 333 g/mol. The molecule has 0 aromatic carbocycles. The summed E-state index contributed by atoms with van der Waals surface area (Å²) in [5.41, 5.74) is 5.76. The Hall–Kier alpha value is -0.0400. The molecule has 88 valence electrons. The van der Waals surface area contributed by atoms with Gasteiger partial charge in [-0.25, -0.2) is 9.97 Å². The van der Waals surface area contributed by atoms with Crippen molar-refractivity contribution in [1.82, 2.24) is 9.97 Å². The first kappa shape index (κ1) is 12.4. The van der Waals surface area contributed by atoms with Crippen molar-refractivity contribution in [3.8, 4) is 0 Å². The van der Waals surface area contributed by atoms with E-state index in [1.165, 1.54) is 32.1 Å². The molecule has 1 fully saturated rings. The summed E-state index contributed by atoms with van der Waals surface area (Å²) in [6, 6.07) is 0. The van der Waals surface area contributed by atoms with Crippen LogP contribution in [0.25, 0.3) is 0 Å². The fourth-order valence-corrected chi connectivity index (χ4v) is 3.36. The van der Waals surface area contributed by atoms with Gasteiger partial charge in [0, 0.05) is 11.4 Å². The van der Waals surface area contributed by atoms with Gasteiger partial charge in [-0.2, -0.15) is 11.8 Å². The Kier molecular flexibility index (Phi) is 4.69. The maximum Gasteiger partial charge on any atom is 0.140 e. The van der Waals surface area contributed by atoms with Crippen LogP contribution in [0.1, 0.15) is 37.9 Å². The van der Waals surface area contributed by atoms with Crippen LogP contribution in [0, 0.1) is 3.57 Å². The lowest BCUT2D eigenvalue weighted by Gasteiger charge is -2.20. The summed E-state index contributed by atoms with van der Waals surface area (Å²) in [5.74, 6) is 2.37. The van der Waals surface area contributed by atoms with Crippen molar-refractivity contribution in [3.63, 3.8) is 0 Å². The molecule has 1 aliphatic carbocycles. The highest BCUT2D eigenvalue weighted by atomic mass is 127. The van der Waals surface area contributed by atoms with E-state index in [1.807, 2.05) is 11.8 Å². The molecule has 0 unspecified atom stereocenters. The molecule has 0 saturated heterocycles. The van der Waals surface area contributed by atoms with Gasteiger partial charge in [0.05, 0.1) is 9.32 Å². The standard InChI is InChI=1S/C11H16IN3S/c12-9-6-14-10(15-11(9)13)7-16-8-4-2-1-3-5-8/h6,8H,1-5,7H2,(H2,13,14,15). The van der Waals surface area contributed by atoms with Crippen molar-refractivity contribution in [3.05, 3.63) is 15.6 Å². The molecule has 0 radical (unpaired) electrons. The fourth-order valence-electron chi connectivity index (χ4n) is 1.91. The molecule has 0 bridgehead atoms. The van der Waals surface area contributed by atoms with Crippen LogP contribution >= 0.6 is 34.4 Å². The zero-order valence-corrected chi connectivity index (χ0v) is 12.1. The second kappa shape index (κ2) is 6.05. The highest BCUT2D eigenvalue weighted by molar-refractivity contribution is 14.1. The zero-order valence-electron chi connectivity index (χ0n) is 9.16. The number of hydrogen-bond donors (Lipinski definition) is 1. The van der Waals surface area contributed by atoms with Crippen LogP contribution in [-0.2, 0) is 5.75 Å². The third-order valence-corrected chi connectivity index (χ3v) is 5.02. The van der Waals surface area contributed by atoms with Crippen LogP contribution in [0.2, 0.25) is 0 Å². The van der Waals surface area contributed by atoms with Crippen molar-refractivity contribution in [2.45, 2.75) is 43.1 Å². The van der Waals surface area contributed by atoms with E-state index in [1.54, 1.807) is 6.20 Å². The van der Waals surface area contributed by atoms with Crippen molar-refractivity contribution in [1.29, 1.82) is 0 Å². The lowest BCUT2D eigenvalue weighted by atomic mass is 10.0. The average molecular weight is 349 g/mol. The van der Waals surface area contributed by atoms with Crippen LogP contribution in [0.5, 0.6) is 0 Å². The summed E-state index contributed by atoms with van der Waals surface area (Å²) in [6.07, 6.45) is 8.68. The molecule has 1 heterocycles. The Labute approximate surface area is 114 Å². The largest absolute Gasteiger partial charge is 0.383 e. The van der Waals surface area contributed by atoms with E-state index in [9.17, 15) is 0 Å². The fraction of sp³-hybridized carbons (Fsp3) is 0.636. The van der Waals surface area contributed by atoms with Gasteiger partial charge < -0.3 is 5.73 Å². The van der Waals surface area contributed by atoms with Crippen molar-refractivity contribution in [2.24, 2.45) is 0 Å². The smallest absolute Gasteiger partial charge is 0.140 e. The molecule has 2 N–H and O–H groups in total. The van der Waals surface area contributed by atoms with Crippen molar-refractivity contribution >= 4 is 40.2 Å². The lowest BCUT2D eigenvalue weighted by molar-refractivity contribution is 0.516. The van der Waals surface area contributed by atoms with Gasteiger partial charge in [0.1, 0.15) is 11.6 Å². The first-order valence-corrected chi connectivity index (χ1v) is 7.77. The Morgan fingerprint density at radius 3 is 2.81 bits per heavy atom. The lowest BCUT2D eigenvalue weighted by Crippen LogP contribution is -2.09. The highest BCUT2D eigenvalue weighted by Gasteiger charge is 2.14. The van der Waals surface area contributed by atoms with E-state index in [0.29, 0.717) is 5.82 Å². The molecule has 1 aromatic rings. The van der Waals surface area contributed by atoms with Crippen LogP contribution in [0.4, 0.5) is 5.82 Å². The second-order valence-electron chi connectivity index (χ2n) is 4.09. The van der Waals surface area contributed by atoms with Crippen molar-refractivity contribution in [2.75, 3.05) is 5.73 Å². The van der Waals surface area contributed by atoms with E-state index in [4.69, 9.17) is 5.73 Å². The number of hydrogen-bond acceptors (Lipinski definition) is 4. The predicted molar refractivity (Wildman–Crippen MR) is 77.3 cm³/mol. The maximum atomic E-state index is 5.76. The molecular formula is C11H16IN3S. The Balaban J connectivity index is 1.86. The molecule has 1 aliphatic rings. The normalized spacial score (nSPS) is 17.6. The van der Waals surface area contributed by atoms with Gasteiger partial charge in [-0.1, -0.05) is 19.3 Å². The summed E-state index contributed by atoms with van der Waals surface area (Å²) in [7, 11) is 0. The minimum absolute atomic E-state index is 0.606. The number of halogens is 1. The monoisotopic (exact) mass is 349 g/mol. The predicted octanol–water partition coefficient (Wildman–Crippen LogP) is 3.23. The number of thioether (sulfide) groups is 1. The summed E-state index contributed by atoms with van der Waals surface area (Å²) >= 11 is 4.14. The summed E-state index contributed by atoms with van der Waals surface area (Å²) < 4.78 is 0.934. The molecule has 0 amide bonds. The third-order valence-electron chi connectivity index (χ3n) is 2.82. The minimum atomic E-state index is 0.606. The van der Waals surface area contributed by atoms with Gasteiger partial charge >= 0.3 is 0 Å². The van der Waals surface area contributed by atoms with Gasteiger partial charge in [0.25, 0.3) is 0 Å². The van der Waals surface area contributed by atoms with Gasteiger partial charge in [-0.15, -0.1) is 0 Å². The highest BCUT2D eigenvalue weighted by Crippen LogP contribution is 2.29. The molecule has 0 atom stereocenters. The zero-order chi connectivity index (χ0) is 11.4. The first-order chi connectivity index (χ1) is 7.75. The Bertz CT molecular complexity index is 353. The van der Waals surface area contributed by atoms with Crippen LogP contribution in [-0.4, -0.2) is 15.2 Å². The van der Waals surface area contributed by atoms with E-state index >= 15 is 0 Å². The van der Waals surface area contributed by atoms with Crippen LogP contribution < -0.4 is 5.73 Å². The number of nitrogen functional groups attached to an aromatic ring is 1. The number of anilines is 1. The molecule has 2 rings (SSSR count). The minimum Gasteiger partial charge on any atom is -0.383 e. The molecule has 1 saturated carbocycles. The van der Waals surface area contributed by atoms with E-state index < -0.39 is 0 Å². The topological polar surface area (TPSA) is 51.8 Å². The maximum absolute atomic E-state index is 5.76. The van der Waals surface area contributed by atoms with Gasteiger partial charge in [0.2, 0.25) is 0 Å². The number of nitrogens with two attached hydrogens (primary N) is 1. The first-order valence-electron chi connectivity index (χ1n) is 5.64. The molecule has 16 heavy (non-hydrogen) atoms. The number of aromatic nitrogens is 2.